The lowest BCUT2D eigenvalue weighted by Crippen LogP contribution is -2.41. The molecule has 0 unspecified atom stereocenters. The van der Waals surface area contributed by atoms with E-state index in [4.69, 9.17) is 14.0 Å². The molecule has 0 saturated carbocycles. The molecule has 2 fully saturated rings. The first-order valence-corrected chi connectivity index (χ1v) is 10.6. The number of piperidine rings is 1. The lowest BCUT2D eigenvalue weighted by Gasteiger charge is -2.32. The van der Waals surface area contributed by atoms with E-state index in [-0.39, 0.29) is 4.90 Å². The maximum atomic E-state index is 13.2. The first kappa shape index (κ1) is 19.7. The normalized spacial score (nSPS) is 23.2. The van der Waals surface area contributed by atoms with E-state index in [1.54, 1.807) is 22.5 Å². The van der Waals surface area contributed by atoms with Crippen molar-refractivity contribution in [1.82, 2.24) is 4.31 Å². The second-order valence-electron chi connectivity index (χ2n) is 7.96. The van der Waals surface area contributed by atoms with Crippen LogP contribution in [-0.4, -0.2) is 51.2 Å². The van der Waals surface area contributed by atoms with Crippen molar-refractivity contribution in [2.24, 2.45) is 0 Å². The maximum absolute atomic E-state index is 13.2. The quantitative estimate of drug-likeness (QED) is 0.748. The van der Waals surface area contributed by atoms with Gasteiger partial charge in [-0.15, -0.1) is 0 Å². The van der Waals surface area contributed by atoms with E-state index < -0.39 is 28.3 Å². The highest BCUT2D eigenvalue weighted by atomic mass is 32.2. The van der Waals surface area contributed by atoms with Crippen LogP contribution in [0.3, 0.4) is 0 Å². The summed E-state index contributed by atoms with van der Waals surface area (Å²) in [4.78, 5) is 0.175. The monoisotopic (exact) mass is 381 g/mol. The Bertz CT molecular complexity index is 756. The summed E-state index contributed by atoms with van der Waals surface area (Å²) in [7, 11) is -2.74. The van der Waals surface area contributed by atoms with E-state index in [1.165, 1.54) is 7.11 Å². The highest BCUT2D eigenvalue weighted by Gasteiger charge is 2.52. The van der Waals surface area contributed by atoms with E-state index >= 15 is 0 Å². The molecular formula is C18H28BNO5S. The molecule has 0 amide bonds. The molecule has 0 radical (unpaired) electrons. The van der Waals surface area contributed by atoms with Crippen LogP contribution in [0, 0.1) is 0 Å². The molecule has 0 bridgehead atoms. The van der Waals surface area contributed by atoms with Gasteiger partial charge in [0.1, 0.15) is 10.6 Å². The molecule has 1 aromatic carbocycles. The van der Waals surface area contributed by atoms with E-state index in [0.29, 0.717) is 24.3 Å². The molecule has 8 heteroatoms. The van der Waals surface area contributed by atoms with Crippen molar-refractivity contribution in [3.63, 3.8) is 0 Å². The van der Waals surface area contributed by atoms with E-state index in [2.05, 4.69) is 0 Å². The van der Waals surface area contributed by atoms with Gasteiger partial charge >= 0.3 is 7.12 Å². The summed E-state index contributed by atoms with van der Waals surface area (Å²) in [5.41, 5.74) is -0.285. The average Bonchev–Trinajstić information content (AvgIpc) is 2.83. The molecule has 1 aromatic rings. The fraction of sp³-hybridized carbons (Fsp3) is 0.667. The predicted molar refractivity (Wildman–Crippen MR) is 101 cm³/mol. The molecule has 2 aliphatic heterocycles. The summed E-state index contributed by atoms with van der Waals surface area (Å²) in [6.07, 6.45) is 2.84. The molecule has 144 valence electrons. The van der Waals surface area contributed by atoms with E-state index in [1.807, 2.05) is 27.7 Å². The van der Waals surface area contributed by atoms with Crippen LogP contribution in [-0.2, 0) is 19.3 Å². The SMILES string of the molecule is COc1ccc(B2OC(C)(C)C(C)(C)O2)cc1S(=O)(=O)N1CCCCC1. The highest BCUT2D eigenvalue weighted by Crippen LogP contribution is 2.37. The van der Waals surface area contributed by atoms with Crippen LogP contribution in [0.2, 0.25) is 0 Å². The van der Waals surface area contributed by atoms with Crippen LogP contribution >= 0.6 is 0 Å². The molecule has 3 rings (SSSR count). The smallest absolute Gasteiger partial charge is 0.494 e. The zero-order chi connectivity index (χ0) is 19.2. The summed E-state index contributed by atoms with van der Waals surface area (Å²) in [5, 5.41) is 0. The maximum Gasteiger partial charge on any atom is 0.494 e. The topological polar surface area (TPSA) is 65.1 Å². The van der Waals surface area contributed by atoms with Gasteiger partial charge in [-0.25, -0.2) is 8.42 Å². The zero-order valence-corrected chi connectivity index (χ0v) is 17.1. The molecule has 2 heterocycles. The number of benzene rings is 1. The summed E-state index contributed by atoms with van der Waals surface area (Å²) >= 11 is 0. The van der Waals surface area contributed by atoms with E-state index in [9.17, 15) is 8.42 Å². The summed E-state index contributed by atoms with van der Waals surface area (Å²) in [6.45, 7) is 8.99. The predicted octanol–water partition coefficient (Wildman–Crippen LogP) is 2.17. The highest BCUT2D eigenvalue weighted by molar-refractivity contribution is 7.89. The summed E-state index contributed by atoms with van der Waals surface area (Å²) in [5.74, 6) is 0.343. The molecular weight excluding hydrogens is 353 g/mol. The molecule has 26 heavy (non-hydrogen) atoms. The Balaban J connectivity index is 1.98. The minimum atomic E-state index is -3.62. The number of sulfonamides is 1. The second kappa shape index (κ2) is 6.82. The Morgan fingerprint density at radius 3 is 2.15 bits per heavy atom. The summed E-state index contributed by atoms with van der Waals surface area (Å²) < 4.78 is 45.3. The van der Waals surface area contributed by atoms with Crippen LogP contribution in [0.4, 0.5) is 0 Å². The van der Waals surface area contributed by atoms with Gasteiger partial charge in [0.25, 0.3) is 0 Å². The molecule has 0 aromatic heterocycles. The number of hydrogen-bond acceptors (Lipinski definition) is 5. The van der Waals surface area contributed by atoms with Gasteiger partial charge in [0.2, 0.25) is 10.0 Å². The van der Waals surface area contributed by atoms with Crippen LogP contribution in [0.1, 0.15) is 47.0 Å². The third-order valence-electron chi connectivity index (χ3n) is 5.65. The Hall–Kier alpha value is -1.09. The van der Waals surface area contributed by atoms with Crippen molar-refractivity contribution >= 4 is 22.6 Å². The van der Waals surface area contributed by atoms with Crippen molar-refractivity contribution in [2.45, 2.75) is 63.1 Å². The number of rotatable bonds is 4. The third-order valence-corrected chi connectivity index (χ3v) is 7.57. The van der Waals surface area contributed by atoms with Crippen molar-refractivity contribution < 1.29 is 22.5 Å². The molecule has 0 N–H and O–H groups in total. The van der Waals surface area contributed by atoms with E-state index in [0.717, 1.165) is 19.3 Å². The number of nitrogens with zero attached hydrogens (tertiary/aromatic N) is 1. The second-order valence-corrected chi connectivity index (χ2v) is 9.87. The van der Waals surface area contributed by atoms with Gasteiger partial charge in [-0.05, 0) is 58.1 Å². The first-order chi connectivity index (χ1) is 12.1. The Morgan fingerprint density at radius 2 is 1.62 bits per heavy atom. The summed E-state index contributed by atoms with van der Waals surface area (Å²) in [6, 6.07) is 5.11. The van der Waals surface area contributed by atoms with Gasteiger partial charge in [-0.3, -0.25) is 0 Å². The van der Waals surface area contributed by atoms with Gasteiger partial charge in [0, 0.05) is 13.1 Å². The van der Waals surface area contributed by atoms with Crippen LogP contribution in [0.15, 0.2) is 23.1 Å². The Labute approximate surface area is 157 Å². The number of ether oxygens (including phenoxy) is 1. The average molecular weight is 381 g/mol. The number of methoxy groups -OCH3 is 1. The van der Waals surface area contributed by atoms with Gasteiger partial charge < -0.3 is 14.0 Å². The standard InChI is InChI=1S/C18H28BNO5S/c1-17(2)18(3,4)25-19(24-17)14-9-10-15(23-5)16(13-14)26(21,22)20-11-7-6-8-12-20/h9-10,13H,6-8,11-12H2,1-5H3. The lowest BCUT2D eigenvalue weighted by atomic mass is 9.79. The molecule has 0 spiro atoms. The minimum absolute atomic E-state index is 0.175. The van der Waals surface area contributed by atoms with Crippen LogP contribution in [0.5, 0.6) is 5.75 Å². The lowest BCUT2D eigenvalue weighted by molar-refractivity contribution is 0.00578. The molecule has 0 atom stereocenters. The van der Waals surface area contributed by atoms with Gasteiger partial charge in [0.15, 0.2) is 0 Å². The van der Waals surface area contributed by atoms with Gasteiger partial charge in [-0.1, -0.05) is 12.5 Å². The largest absolute Gasteiger partial charge is 0.495 e. The first-order valence-electron chi connectivity index (χ1n) is 9.12. The van der Waals surface area contributed by atoms with Crippen LogP contribution < -0.4 is 10.2 Å². The third kappa shape index (κ3) is 3.40. The molecule has 2 aliphatic rings. The van der Waals surface area contributed by atoms with Crippen molar-refractivity contribution in [2.75, 3.05) is 20.2 Å². The van der Waals surface area contributed by atoms with Crippen molar-refractivity contribution in [1.29, 1.82) is 0 Å². The van der Waals surface area contributed by atoms with Crippen molar-refractivity contribution in [3.8, 4) is 5.75 Å². The van der Waals surface area contributed by atoms with Crippen LogP contribution in [0.25, 0.3) is 0 Å². The molecule has 6 nitrogen and oxygen atoms in total. The van der Waals surface area contributed by atoms with Crippen molar-refractivity contribution in [3.05, 3.63) is 18.2 Å². The molecule has 0 aliphatic carbocycles. The molecule has 2 saturated heterocycles. The van der Waals surface area contributed by atoms with Gasteiger partial charge in [-0.2, -0.15) is 4.31 Å². The minimum Gasteiger partial charge on any atom is -0.495 e. The fourth-order valence-electron chi connectivity index (χ4n) is 3.26. The Kier molecular flexibility index (Phi) is 5.16. The van der Waals surface area contributed by atoms with Gasteiger partial charge in [0.05, 0.1) is 18.3 Å². The Morgan fingerprint density at radius 1 is 1.04 bits per heavy atom. The zero-order valence-electron chi connectivity index (χ0n) is 16.2. The fourth-order valence-corrected chi connectivity index (χ4v) is 4.97. The number of hydrogen-bond donors (Lipinski definition) is 0.